The molecule has 1 aliphatic heterocycles. The van der Waals surface area contributed by atoms with Crippen molar-refractivity contribution < 1.29 is 9.90 Å². The molecule has 0 spiro atoms. The molecule has 3 rings (SSSR count). The number of guanidine groups is 1. The second kappa shape index (κ2) is 6.42. The Morgan fingerprint density at radius 1 is 1.33 bits per heavy atom. The van der Waals surface area contributed by atoms with Gasteiger partial charge in [-0.15, -0.1) is 0 Å². The van der Waals surface area contributed by atoms with Gasteiger partial charge in [0.1, 0.15) is 5.75 Å². The summed E-state index contributed by atoms with van der Waals surface area (Å²) < 4.78 is 0. The van der Waals surface area contributed by atoms with Gasteiger partial charge in [0.15, 0.2) is 11.6 Å². The number of aliphatic imine (C=N–C) groups is 1. The van der Waals surface area contributed by atoms with Crippen LogP contribution in [0.5, 0.6) is 5.75 Å². The molecule has 0 unspecified atom stereocenters. The minimum Gasteiger partial charge on any atom is -0.507 e. The van der Waals surface area contributed by atoms with Crippen molar-refractivity contribution in [3.05, 3.63) is 58.9 Å². The number of aromatic hydroxyl groups is 1. The number of aryl methyl sites for hydroxylation is 1. The summed E-state index contributed by atoms with van der Waals surface area (Å²) in [6.07, 6.45) is 0. The summed E-state index contributed by atoms with van der Waals surface area (Å²) in [5.41, 5.74) is 2.48. The van der Waals surface area contributed by atoms with Crippen LogP contribution in [0.3, 0.4) is 0 Å². The largest absolute Gasteiger partial charge is 0.507 e. The first-order chi connectivity index (χ1) is 11.6. The van der Waals surface area contributed by atoms with Crippen LogP contribution in [-0.2, 0) is 0 Å². The van der Waals surface area contributed by atoms with Gasteiger partial charge in [-0.2, -0.15) is 0 Å². The number of carbonyl (C=O) groups excluding carboxylic acids is 1. The number of rotatable bonds is 2. The SMILES string of the molecule is [C-]#[N+]c1ccc(O)c(C(=O)NC2=NCCN2)c1-c1ccccc1C. The van der Waals surface area contributed by atoms with E-state index in [-0.39, 0.29) is 11.3 Å². The Morgan fingerprint density at radius 3 is 2.79 bits per heavy atom. The lowest BCUT2D eigenvalue weighted by Crippen LogP contribution is -2.38. The molecule has 1 amide bonds. The molecule has 1 heterocycles. The number of phenolic OH excluding ortho intramolecular Hbond substituents is 1. The van der Waals surface area contributed by atoms with Gasteiger partial charge < -0.3 is 10.4 Å². The Balaban J connectivity index is 2.16. The van der Waals surface area contributed by atoms with Crippen LogP contribution in [0.2, 0.25) is 0 Å². The van der Waals surface area contributed by atoms with E-state index in [1.807, 2.05) is 31.2 Å². The fourth-order valence-electron chi connectivity index (χ4n) is 2.68. The highest BCUT2D eigenvalue weighted by molar-refractivity contribution is 6.13. The van der Waals surface area contributed by atoms with Crippen LogP contribution < -0.4 is 10.6 Å². The Labute approximate surface area is 139 Å². The second-order valence-electron chi connectivity index (χ2n) is 5.39. The van der Waals surface area contributed by atoms with Gasteiger partial charge in [-0.05, 0) is 24.1 Å². The molecule has 2 aromatic carbocycles. The number of nitrogens with zero attached hydrogens (tertiary/aromatic N) is 2. The van der Waals surface area contributed by atoms with Gasteiger partial charge in [0, 0.05) is 12.1 Å². The van der Waals surface area contributed by atoms with E-state index in [0.717, 1.165) is 11.1 Å². The highest BCUT2D eigenvalue weighted by Crippen LogP contribution is 2.39. The lowest BCUT2D eigenvalue weighted by Gasteiger charge is -2.15. The quantitative estimate of drug-likeness (QED) is 0.744. The van der Waals surface area contributed by atoms with Gasteiger partial charge in [0.25, 0.3) is 5.91 Å². The van der Waals surface area contributed by atoms with Crippen LogP contribution in [0.25, 0.3) is 16.0 Å². The van der Waals surface area contributed by atoms with Crippen LogP contribution >= 0.6 is 0 Å². The monoisotopic (exact) mass is 320 g/mol. The van der Waals surface area contributed by atoms with E-state index in [1.165, 1.54) is 12.1 Å². The first kappa shape index (κ1) is 15.6. The lowest BCUT2D eigenvalue weighted by atomic mass is 9.93. The van der Waals surface area contributed by atoms with Gasteiger partial charge in [0.05, 0.1) is 18.7 Å². The predicted octanol–water partition coefficient (Wildman–Crippen LogP) is 2.61. The number of hydrogen-bond acceptors (Lipinski definition) is 4. The van der Waals surface area contributed by atoms with E-state index in [0.29, 0.717) is 30.3 Å². The van der Waals surface area contributed by atoms with Crippen molar-refractivity contribution in [2.45, 2.75) is 6.92 Å². The minimum atomic E-state index is -0.496. The topological polar surface area (TPSA) is 78.1 Å². The molecule has 0 saturated carbocycles. The summed E-state index contributed by atoms with van der Waals surface area (Å²) in [7, 11) is 0. The fraction of sp³-hybridized carbons (Fsp3) is 0.167. The Kier molecular flexibility index (Phi) is 4.17. The van der Waals surface area contributed by atoms with E-state index in [2.05, 4.69) is 20.5 Å². The van der Waals surface area contributed by atoms with Crippen LogP contribution in [0.15, 0.2) is 41.4 Å². The van der Waals surface area contributed by atoms with Gasteiger partial charge in [0.2, 0.25) is 0 Å². The van der Waals surface area contributed by atoms with Crippen molar-refractivity contribution in [2.75, 3.05) is 13.1 Å². The molecule has 6 nitrogen and oxygen atoms in total. The van der Waals surface area contributed by atoms with Crippen molar-refractivity contribution in [3.8, 4) is 16.9 Å². The maximum Gasteiger partial charge on any atom is 0.261 e. The van der Waals surface area contributed by atoms with Crippen molar-refractivity contribution in [1.29, 1.82) is 0 Å². The van der Waals surface area contributed by atoms with Crippen LogP contribution in [-0.4, -0.2) is 30.1 Å². The average Bonchev–Trinajstić information content (AvgIpc) is 3.08. The standard InChI is InChI=1S/C18H16N4O2/c1-11-5-3-4-6-12(11)15-13(19-2)7-8-14(23)16(15)17(24)22-18-20-9-10-21-18/h3-8,23H,9-10H2,1H3,(H2,20,21,22,24). The van der Waals surface area contributed by atoms with E-state index < -0.39 is 5.91 Å². The lowest BCUT2D eigenvalue weighted by molar-refractivity contribution is 0.0974. The summed E-state index contributed by atoms with van der Waals surface area (Å²) in [5.74, 6) is -0.287. The molecule has 0 aliphatic carbocycles. The zero-order valence-corrected chi connectivity index (χ0v) is 13.1. The molecule has 1 aliphatic rings. The molecule has 0 bridgehead atoms. The number of phenols is 1. The summed E-state index contributed by atoms with van der Waals surface area (Å²) in [6.45, 7) is 10.6. The summed E-state index contributed by atoms with van der Waals surface area (Å²) in [5, 5.41) is 15.9. The molecule has 0 atom stereocenters. The number of hydrogen-bond donors (Lipinski definition) is 3. The number of nitrogens with one attached hydrogen (secondary N) is 2. The third-order valence-corrected chi connectivity index (χ3v) is 3.83. The highest BCUT2D eigenvalue weighted by atomic mass is 16.3. The Bertz CT molecular complexity index is 881. The maximum absolute atomic E-state index is 12.7. The predicted molar refractivity (Wildman–Crippen MR) is 92.3 cm³/mol. The zero-order chi connectivity index (χ0) is 17.1. The fourth-order valence-corrected chi connectivity index (χ4v) is 2.68. The molecule has 6 heteroatoms. The molecule has 3 N–H and O–H groups in total. The van der Waals surface area contributed by atoms with Gasteiger partial charge in [-0.1, -0.05) is 30.3 Å². The molecule has 2 aromatic rings. The molecule has 120 valence electrons. The third kappa shape index (κ3) is 2.79. The van der Waals surface area contributed by atoms with Crippen LogP contribution in [0.4, 0.5) is 5.69 Å². The third-order valence-electron chi connectivity index (χ3n) is 3.83. The van der Waals surface area contributed by atoms with Crippen LogP contribution in [0, 0.1) is 13.5 Å². The van der Waals surface area contributed by atoms with Crippen molar-refractivity contribution >= 4 is 17.6 Å². The number of amides is 1. The van der Waals surface area contributed by atoms with E-state index >= 15 is 0 Å². The van der Waals surface area contributed by atoms with Gasteiger partial charge in [-0.25, -0.2) is 4.85 Å². The number of carbonyl (C=O) groups is 1. The summed E-state index contributed by atoms with van der Waals surface area (Å²) in [6, 6.07) is 10.3. The van der Waals surface area contributed by atoms with Gasteiger partial charge >= 0.3 is 0 Å². The Morgan fingerprint density at radius 2 is 2.12 bits per heavy atom. The zero-order valence-electron chi connectivity index (χ0n) is 13.1. The highest BCUT2D eigenvalue weighted by Gasteiger charge is 2.23. The molecular weight excluding hydrogens is 304 g/mol. The molecule has 24 heavy (non-hydrogen) atoms. The molecular formula is C18H16N4O2. The van der Waals surface area contributed by atoms with E-state index in [9.17, 15) is 9.90 Å². The Hall–Kier alpha value is -3.33. The van der Waals surface area contributed by atoms with Gasteiger partial charge in [-0.3, -0.25) is 15.1 Å². The number of benzene rings is 2. The minimum absolute atomic E-state index is 0.0780. The van der Waals surface area contributed by atoms with Crippen molar-refractivity contribution in [3.63, 3.8) is 0 Å². The summed E-state index contributed by atoms with van der Waals surface area (Å²) >= 11 is 0. The van der Waals surface area contributed by atoms with Crippen molar-refractivity contribution in [1.82, 2.24) is 10.6 Å². The molecule has 0 fully saturated rings. The van der Waals surface area contributed by atoms with E-state index in [1.54, 1.807) is 0 Å². The first-order valence-electron chi connectivity index (χ1n) is 7.51. The molecule has 0 radical (unpaired) electrons. The van der Waals surface area contributed by atoms with E-state index in [4.69, 9.17) is 6.57 Å². The van der Waals surface area contributed by atoms with Crippen molar-refractivity contribution in [2.24, 2.45) is 4.99 Å². The second-order valence-corrected chi connectivity index (χ2v) is 5.39. The normalized spacial score (nSPS) is 12.9. The maximum atomic E-state index is 12.7. The molecule has 0 aromatic heterocycles. The summed E-state index contributed by atoms with van der Waals surface area (Å²) in [4.78, 5) is 20.3. The molecule has 0 saturated heterocycles. The smallest absolute Gasteiger partial charge is 0.261 e. The van der Waals surface area contributed by atoms with Crippen LogP contribution in [0.1, 0.15) is 15.9 Å². The first-order valence-corrected chi connectivity index (χ1v) is 7.51. The average molecular weight is 320 g/mol.